The van der Waals surface area contributed by atoms with Gasteiger partial charge in [0.05, 0.1) is 12.2 Å². The van der Waals surface area contributed by atoms with Crippen LogP contribution in [-0.2, 0) is 19.7 Å². The van der Waals surface area contributed by atoms with E-state index in [1.807, 2.05) is 48.5 Å². The highest BCUT2D eigenvalue weighted by molar-refractivity contribution is 14.0. The quantitative estimate of drug-likeness (QED) is 0.256. The second-order valence-corrected chi connectivity index (χ2v) is 7.67. The van der Waals surface area contributed by atoms with Gasteiger partial charge in [-0.25, -0.2) is 9.98 Å². The molecule has 0 spiro atoms. The largest absolute Gasteiger partial charge is 0.473 e. The fourth-order valence-electron chi connectivity index (χ4n) is 3.65. The summed E-state index contributed by atoms with van der Waals surface area (Å²) in [5.74, 6) is 1.56. The van der Waals surface area contributed by atoms with Gasteiger partial charge in [0.25, 0.3) is 0 Å². The number of pyridine rings is 1. The smallest absolute Gasteiger partial charge is 0.218 e. The Hall–Kier alpha value is -2.66. The van der Waals surface area contributed by atoms with E-state index in [0.29, 0.717) is 19.0 Å². The zero-order valence-corrected chi connectivity index (χ0v) is 21.2. The summed E-state index contributed by atoms with van der Waals surface area (Å²) in [6.07, 6.45) is 3.38. The van der Waals surface area contributed by atoms with Crippen LogP contribution in [0.25, 0.3) is 0 Å². The molecule has 0 amide bonds. The summed E-state index contributed by atoms with van der Waals surface area (Å²) in [4.78, 5) is 14.0. The van der Waals surface area contributed by atoms with E-state index < -0.39 is 0 Å². The second-order valence-electron chi connectivity index (χ2n) is 7.67. The molecule has 0 radical (unpaired) electrons. The van der Waals surface area contributed by atoms with E-state index in [2.05, 4.69) is 32.2 Å². The summed E-state index contributed by atoms with van der Waals surface area (Å²) >= 11 is 0. The van der Waals surface area contributed by atoms with Crippen molar-refractivity contribution in [3.63, 3.8) is 0 Å². The molecule has 33 heavy (non-hydrogen) atoms. The average Bonchev–Trinajstić information content (AvgIpc) is 3.35. The number of rotatable bonds is 8. The Labute approximate surface area is 212 Å². The van der Waals surface area contributed by atoms with Crippen LogP contribution in [0, 0.1) is 0 Å². The van der Waals surface area contributed by atoms with Gasteiger partial charge in [0, 0.05) is 57.1 Å². The molecule has 4 rings (SSSR count). The topological polar surface area (TPSA) is 79.0 Å². The summed E-state index contributed by atoms with van der Waals surface area (Å²) in [6, 6.07) is 16.0. The number of nitrogens with one attached hydrogen (secondary N) is 1. The molecule has 1 N–H and O–H groups in total. The van der Waals surface area contributed by atoms with Crippen molar-refractivity contribution in [2.45, 2.75) is 26.6 Å². The minimum Gasteiger partial charge on any atom is -0.473 e. The fourth-order valence-corrected chi connectivity index (χ4v) is 3.65. The SMILES string of the molecule is CCNC(=NCc1cccnc1OCc1ccccc1)N1CCN(Cc2ccon2)CC1.I. The van der Waals surface area contributed by atoms with Crippen molar-refractivity contribution in [3.05, 3.63) is 77.8 Å². The molecule has 0 aliphatic carbocycles. The summed E-state index contributed by atoms with van der Waals surface area (Å²) in [7, 11) is 0. The van der Waals surface area contributed by atoms with Crippen LogP contribution in [0.15, 0.2) is 70.5 Å². The van der Waals surface area contributed by atoms with Crippen LogP contribution in [0.1, 0.15) is 23.7 Å². The number of aromatic nitrogens is 2. The van der Waals surface area contributed by atoms with Crippen molar-refractivity contribution >= 4 is 29.9 Å². The van der Waals surface area contributed by atoms with Gasteiger partial charge in [-0.1, -0.05) is 41.6 Å². The first-order valence-electron chi connectivity index (χ1n) is 11.1. The first-order valence-corrected chi connectivity index (χ1v) is 11.1. The number of nitrogens with zero attached hydrogens (tertiary/aromatic N) is 5. The molecule has 8 nitrogen and oxygen atoms in total. The van der Waals surface area contributed by atoms with Gasteiger partial charge in [0.15, 0.2) is 5.96 Å². The maximum atomic E-state index is 5.99. The van der Waals surface area contributed by atoms with Gasteiger partial charge >= 0.3 is 0 Å². The summed E-state index contributed by atoms with van der Waals surface area (Å²) in [6.45, 7) is 8.46. The van der Waals surface area contributed by atoms with Crippen LogP contribution in [0.5, 0.6) is 5.88 Å². The highest BCUT2D eigenvalue weighted by Gasteiger charge is 2.20. The molecule has 3 aromatic rings. The van der Waals surface area contributed by atoms with E-state index in [-0.39, 0.29) is 24.0 Å². The minimum atomic E-state index is 0. The van der Waals surface area contributed by atoms with Crippen molar-refractivity contribution in [1.29, 1.82) is 0 Å². The Morgan fingerprint density at radius 2 is 1.91 bits per heavy atom. The number of halogens is 1. The van der Waals surface area contributed by atoms with Gasteiger partial charge in [-0.05, 0) is 18.6 Å². The molecule has 9 heteroatoms. The summed E-state index contributed by atoms with van der Waals surface area (Å²) < 4.78 is 10.9. The van der Waals surface area contributed by atoms with Crippen LogP contribution >= 0.6 is 24.0 Å². The van der Waals surface area contributed by atoms with Crippen LogP contribution in [0.2, 0.25) is 0 Å². The molecule has 0 atom stereocenters. The van der Waals surface area contributed by atoms with Crippen molar-refractivity contribution in [1.82, 2.24) is 25.3 Å². The normalized spacial score (nSPS) is 14.6. The molecular formula is C24H31IN6O2. The van der Waals surface area contributed by atoms with Crippen molar-refractivity contribution in [2.24, 2.45) is 4.99 Å². The lowest BCUT2D eigenvalue weighted by Gasteiger charge is -2.36. The molecule has 176 valence electrons. The van der Waals surface area contributed by atoms with E-state index in [1.165, 1.54) is 0 Å². The standard InChI is InChI=1S/C24H30N6O2.HI/c1-2-25-24(30-14-12-29(13-15-30)18-22-10-16-32-28-22)27-17-21-9-6-11-26-23(21)31-19-20-7-4-3-5-8-20;/h3-11,16H,2,12-15,17-19H2,1H3,(H,25,27);1H. The zero-order valence-electron chi connectivity index (χ0n) is 18.9. The average molecular weight is 562 g/mol. The highest BCUT2D eigenvalue weighted by Crippen LogP contribution is 2.17. The van der Waals surface area contributed by atoms with E-state index in [4.69, 9.17) is 14.3 Å². The molecule has 0 saturated carbocycles. The molecule has 1 aliphatic rings. The van der Waals surface area contributed by atoms with Crippen molar-refractivity contribution in [2.75, 3.05) is 32.7 Å². The second kappa shape index (κ2) is 13.1. The molecule has 1 saturated heterocycles. The number of hydrogen-bond donors (Lipinski definition) is 1. The first kappa shape index (κ1) is 25.0. The third kappa shape index (κ3) is 7.43. The van der Waals surface area contributed by atoms with E-state index in [1.54, 1.807) is 12.5 Å². The lowest BCUT2D eigenvalue weighted by atomic mass is 10.2. The number of ether oxygens (including phenoxy) is 1. The van der Waals surface area contributed by atoms with Gasteiger partial charge < -0.3 is 19.5 Å². The van der Waals surface area contributed by atoms with Gasteiger partial charge in [-0.3, -0.25) is 4.90 Å². The molecule has 1 aromatic carbocycles. The number of piperazine rings is 1. The maximum absolute atomic E-state index is 5.99. The first-order chi connectivity index (χ1) is 15.8. The predicted molar refractivity (Wildman–Crippen MR) is 139 cm³/mol. The van der Waals surface area contributed by atoms with Gasteiger partial charge in [0.2, 0.25) is 5.88 Å². The Bertz CT molecular complexity index is 976. The van der Waals surface area contributed by atoms with E-state index >= 15 is 0 Å². The summed E-state index contributed by atoms with van der Waals surface area (Å²) in [5, 5.41) is 7.44. The third-order valence-electron chi connectivity index (χ3n) is 5.35. The number of guanidine groups is 1. The van der Waals surface area contributed by atoms with Crippen LogP contribution in [0.4, 0.5) is 0 Å². The number of hydrogen-bond acceptors (Lipinski definition) is 6. The van der Waals surface area contributed by atoms with Gasteiger partial charge in [-0.2, -0.15) is 0 Å². The lowest BCUT2D eigenvalue weighted by Crippen LogP contribution is -2.52. The van der Waals surface area contributed by atoms with Crippen LogP contribution < -0.4 is 10.1 Å². The number of benzene rings is 1. The fraction of sp³-hybridized carbons (Fsp3) is 0.375. The Morgan fingerprint density at radius 3 is 2.64 bits per heavy atom. The molecule has 2 aromatic heterocycles. The Morgan fingerprint density at radius 1 is 1.09 bits per heavy atom. The Kier molecular flexibility index (Phi) is 9.95. The lowest BCUT2D eigenvalue weighted by molar-refractivity contribution is 0.169. The molecule has 1 aliphatic heterocycles. The Balaban J connectivity index is 0.00000306. The number of aliphatic imine (C=N–C) groups is 1. The van der Waals surface area contributed by atoms with Crippen LogP contribution in [0.3, 0.4) is 0 Å². The monoisotopic (exact) mass is 562 g/mol. The van der Waals surface area contributed by atoms with E-state index in [9.17, 15) is 0 Å². The molecule has 3 heterocycles. The molecule has 1 fully saturated rings. The molecule has 0 unspecified atom stereocenters. The minimum absolute atomic E-state index is 0. The summed E-state index contributed by atoms with van der Waals surface area (Å²) in [5.41, 5.74) is 3.06. The predicted octanol–water partition coefficient (Wildman–Crippen LogP) is 3.55. The third-order valence-corrected chi connectivity index (χ3v) is 5.35. The van der Waals surface area contributed by atoms with Crippen LogP contribution in [-0.4, -0.2) is 58.6 Å². The maximum Gasteiger partial charge on any atom is 0.218 e. The van der Waals surface area contributed by atoms with Crippen molar-refractivity contribution in [3.8, 4) is 5.88 Å². The van der Waals surface area contributed by atoms with E-state index in [0.717, 1.165) is 62.0 Å². The van der Waals surface area contributed by atoms with Gasteiger partial charge in [0.1, 0.15) is 12.9 Å². The highest BCUT2D eigenvalue weighted by atomic mass is 127. The van der Waals surface area contributed by atoms with Gasteiger partial charge in [-0.15, -0.1) is 24.0 Å². The van der Waals surface area contributed by atoms with Crippen molar-refractivity contribution < 1.29 is 9.26 Å². The molecular weight excluding hydrogens is 531 g/mol. The molecule has 0 bridgehead atoms. The zero-order chi connectivity index (χ0) is 22.0.